The number of carbonyl (C=O) groups excluding carboxylic acids is 3. The summed E-state index contributed by atoms with van der Waals surface area (Å²) in [7, 11) is 0. The summed E-state index contributed by atoms with van der Waals surface area (Å²) in [5.41, 5.74) is 0. The first-order chi connectivity index (χ1) is 23.5. The zero-order valence-corrected chi connectivity index (χ0v) is 28.5. The molecule has 2 amide bonds. The summed E-state index contributed by atoms with van der Waals surface area (Å²) in [6, 6.07) is -1.12. The van der Waals surface area contributed by atoms with Gasteiger partial charge in [-0.1, -0.05) is 75.8 Å². The lowest BCUT2D eigenvalue weighted by atomic mass is 10.0. The number of aldehydes is 1. The van der Waals surface area contributed by atoms with E-state index in [4.69, 9.17) is 19.3 Å². The van der Waals surface area contributed by atoms with E-state index in [1.165, 1.54) is 51.4 Å². The molecule has 276 valence electrons. The number of nitrogens with zero attached hydrogens (tertiary/aromatic N) is 3. The maximum Gasteiger partial charge on any atom is 0.326 e. The fourth-order valence-electron chi connectivity index (χ4n) is 4.87. The fraction of sp³-hybridized carbons (Fsp3) is 0.844. The molecule has 1 aromatic rings. The lowest BCUT2D eigenvalue weighted by Crippen LogP contribution is -2.41. The van der Waals surface area contributed by atoms with E-state index in [1.54, 1.807) is 0 Å². The Morgan fingerprint density at radius 2 is 1.40 bits per heavy atom. The molecule has 1 unspecified atom stereocenters. The predicted octanol–water partition coefficient (Wildman–Crippen LogP) is 1.83. The monoisotopic (exact) mass is 685 g/mol. The summed E-state index contributed by atoms with van der Waals surface area (Å²) in [5.74, 6) is -1.02. The van der Waals surface area contributed by atoms with Gasteiger partial charge in [-0.15, -0.1) is 10.2 Å². The third-order valence-corrected chi connectivity index (χ3v) is 7.53. The zero-order valence-electron chi connectivity index (χ0n) is 28.5. The van der Waals surface area contributed by atoms with Crippen molar-refractivity contribution in [1.82, 2.24) is 36.6 Å². The van der Waals surface area contributed by atoms with Gasteiger partial charge in [-0.3, -0.25) is 19.7 Å². The van der Waals surface area contributed by atoms with Crippen LogP contribution in [0.25, 0.3) is 0 Å². The van der Waals surface area contributed by atoms with Crippen molar-refractivity contribution < 1.29 is 43.6 Å². The molecule has 2 atom stereocenters. The van der Waals surface area contributed by atoms with Crippen LogP contribution in [0.5, 0.6) is 0 Å². The van der Waals surface area contributed by atoms with Gasteiger partial charge in [-0.2, -0.15) is 5.21 Å². The molecule has 0 radical (unpaired) electrons. The van der Waals surface area contributed by atoms with Gasteiger partial charge in [-0.05, 0) is 19.3 Å². The van der Waals surface area contributed by atoms with Gasteiger partial charge in [0.1, 0.15) is 6.04 Å². The second kappa shape index (κ2) is 31.2. The van der Waals surface area contributed by atoms with Gasteiger partial charge in [0.15, 0.2) is 18.3 Å². The average Bonchev–Trinajstić information content (AvgIpc) is 3.60. The Labute approximate surface area is 284 Å². The van der Waals surface area contributed by atoms with E-state index < -0.39 is 18.2 Å². The lowest BCUT2D eigenvalue weighted by molar-refractivity contribution is -0.142. The number of tetrazole rings is 1. The summed E-state index contributed by atoms with van der Waals surface area (Å²) in [5, 5.41) is 40.1. The molecule has 0 fully saturated rings. The first-order valence-electron chi connectivity index (χ1n) is 17.5. The molecular weight excluding hydrogens is 626 g/mol. The van der Waals surface area contributed by atoms with Crippen molar-refractivity contribution in [3.8, 4) is 0 Å². The van der Waals surface area contributed by atoms with Crippen molar-refractivity contribution in [3.63, 3.8) is 0 Å². The first-order valence-corrected chi connectivity index (χ1v) is 17.5. The van der Waals surface area contributed by atoms with Crippen LogP contribution in [-0.2, 0) is 39.8 Å². The van der Waals surface area contributed by atoms with E-state index in [-0.39, 0.29) is 70.7 Å². The molecule has 48 heavy (non-hydrogen) atoms. The normalized spacial score (nSPS) is 12.4. The first kappa shape index (κ1) is 43.0. The summed E-state index contributed by atoms with van der Waals surface area (Å²) in [4.78, 5) is 47.0. The highest BCUT2D eigenvalue weighted by atomic mass is 16.5. The van der Waals surface area contributed by atoms with Crippen molar-refractivity contribution in [2.24, 2.45) is 0 Å². The number of aliphatic hydroxyl groups is 1. The van der Waals surface area contributed by atoms with Crippen molar-refractivity contribution in [2.45, 2.75) is 121 Å². The van der Waals surface area contributed by atoms with Gasteiger partial charge in [0, 0.05) is 32.4 Å². The van der Waals surface area contributed by atoms with E-state index in [9.17, 15) is 24.3 Å². The number of aromatic amines is 1. The van der Waals surface area contributed by atoms with Gasteiger partial charge in [0.05, 0.1) is 39.6 Å². The number of aliphatic hydroxyl groups excluding tert-OH is 1. The Hall–Kier alpha value is -3.05. The number of carboxylic acid groups (broad SMARTS) is 1. The molecule has 0 bridgehead atoms. The van der Waals surface area contributed by atoms with E-state index in [0.29, 0.717) is 25.9 Å². The molecule has 16 nitrogen and oxygen atoms in total. The molecule has 0 saturated heterocycles. The number of rotatable bonds is 35. The molecule has 0 spiro atoms. The molecule has 1 rings (SSSR count). The van der Waals surface area contributed by atoms with E-state index in [0.717, 1.165) is 37.9 Å². The summed E-state index contributed by atoms with van der Waals surface area (Å²) >= 11 is 0. The highest BCUT2D eigenvalue weighted by Gasteiger charge is 2.20. The molecule has 16 heteroatoms. The molecule has 0 aromatic carbocycles. The Morgan fingerprint density at radius 1 is 0.771 bits per heavy atom. The largest absolute Gasteiger partial charge is 0.480 e. The second-order valence-electron chi connectivity index (χ2n) is 11.6. The Bertz CT molecular complexity index is 941. The van der Waals surface area contributed by atoms with Crippen molar-refractivity contribution >= 4 is 24.1 Å². The Kier molecular flexibility index (Phi) is 28.0. The minimum atomic E-state index is -1.17. The van der Waals surface area contributed by atoms with Crippen LogP contribution in [0.2, 0.25) is 0 Å². The van der Waals surface area contributed by atoms with Crippen LogP contribution >= 0.6 is 0 Å². The van der Waals surface area contributed by atoms with E-state index in [1.807, 2.05) is 0 Å². The molecule has 1 aromatic heterocycles. The Balaban J connectivity index is 1.94. The smallest absolute Gasteiger partial charge is 0.326 e. The standard InChI is InChI=1S/C32H59N7O9/c40-20-23-46-22-19-34-31(26-41)48-25-24-47-21-18-33-29(42)17-16-27(32(44)45)35-30(43)15-13-11-9-7-5-3-1-2-4-6-8-10-12-14-28-36-38-39-37-28/h26-27,31,34,40H,1-25H2,(H,33,42)(H,35,43)(H,44,45)(H,36,37,38,39)/t27-,31?/m0/s1. The number of ether oxygens (including phenoxy) is 3. The lowest BCUT2D eigenvalue weighted by Gasteiger charge is -2.15. The number of H-pyrrole nitrogens is 1. The maximum absolute atomic E-state index is 12.3. The van der Waals surface area contributed by atoms with Crippen LogP contribution < -0.4 is 16.0 Å². The molecule has 1 heterocycles. The molecule has 6 N–H and O–H groups in total. The summed E-state index contributed by atoms with van der Waals surface area (Å²) in [6.07, 6.45) is 15.9. The van der Waals surface area contributed by atoms with Crippen LogP contribution in [0, 0.1) is 0 Å². The van der Waals surface area contributed by atoms with Gasteiger partial charge in [0.25, 0.3) is 0 Å². The average molecular weight is 686 g/mol. The minimum Gasteiger partial charge on any atom is -0.480 e. The van der Waals surface area contributed by atoms with Crippen molar-refractivity contribution in [3.05, 3.63) is 5.82 Å². The molecule has 0 aliphatic heterocycles. The quantitative estimate of drug-likeness (QED) is 0.0341. The highest BCUT2D eigenvalue weighted by molar-refractivity contribution is 5.84. The minimum absolute atomic E-state index is 0.00571. The van der Waals surface area contributed by atoms with Gasteiger partial charge >= 0.3 is 5.97 Å². The van der Waals surface area contributed by atoms with Crippen molar-refractivity contribution in [2.75, 3.05) is 52.7 Å². The topological polar surface area (TPSA) is 227 Å². The van der Waals surface area contributed by atoms with Gasteiger partial charge < -0.3 is 35.1 Å². The number of nitrogens with one attached hydrogen (secondary N) is 4. The number of amides is 2. The van der Waals surface area contributed by atoms with Crippen LogP contribution in [0.1, 0.15) is 109 Å². The number of aliphatic carboxylic acids is 1. The Morgan fingerprint density at radius 3 is 2.00 bits per heavy atom. The van der Waals surface area contributed by atoms with Crippen LogP contribution in [0.3, 0.4) is 0 Å². The number of carboxylic acids is 1. The fourth-order valence-corrected chi connectivity index (χ4v) is 4.87. The third kappa shape index (κ3) is 26.0. The second-order valence-corrected chi connectivity index (χ2v) is 11.6. The van der Waals surface area contributed by atoms with E-state index >= 15 is 0 Å². The van der Waals surface area contributed by atoms with E-state index in [2.05, 4.69) is 36.6 Å². The van der Waals surface area contributed by atoms with Gasteiger partial charge in [0.2, 0.25) is 11.8 Å². The number of aryl methyl sites for hydroxylation is 1. The SMILES string of the molecule is O=CC(NCCOCCO)OCCOCCNC(=O)CC[C@H](NC(=O)CCCCCCCCCCCCCCCc1nn[nH]n1)C(=O)O. The van der Waals surface area contributed by atoms with Crippen LogP contribution in [0.15, 0.2) is 0 Å². The molecule has 0 saturated carbocycles. The van der Waals surface area contributed by atoms with Crippen LogP contribution in [-0.4, -0.2) is 120 Å². The number of unbranched alkanes of at least 4 members (excludes halogenated alkanes) is 12. The predicted molar refractivity (Wildman–Crippen MR) is 177 cm³/mol. The number of hydrogen-bond acceptors (Lipinski definition) is 12. The highest BCUT2D eigenvalue weighted by Crippen LogP contribution is 2.13. The number of carbonyl (C=O) groups is 4. The zero-order chi connectivity index (χ0) is 34.9. The van der Waals surface area contributed by atoms with Crippen LogP contribution in [0.4, 0.5) is 0 Å². The number of hydrogen-bond donors (Lipinski definition) is 6. The van der Waals surface area contributed by atoms with Gasteiger partial charge in [-0.25, -0.2) is 4.79 Å². The molecule has 0 aliphatic rings. The molecular formula is C32H59N7O9. The third-order valence-electron chi connectivity index (χ3n) is 7.53. The summed E-state index contributed by atoms with van der Waals surface area (Å²) in [6.45, 7) is 1.70. The van der Waals surface area contributed by atoms with Crippen molar-refractivity contribution in [1.29, 1.82) is 0 Å². The molecule has 0 aliphatic carbocycles. The number of aromatic nitrogens is 4. The maximum atomic E-state index is 12.3. The summed E-state index contributed by atoms with van der Waals surface area (Å²) < 4.78 is 15.8.